The molecule has 1 aromatic heterocycles. The van der Waals surface area contributed by atoms with E-state index >= 15 is 0 Å². The Balaban J connectivity index is 1.85. The van der Waals surface area contributed by atoms with Gasteiger partial charge in [0.25, 0.3) is 5.91 Å². The number of nitrogens with zero attached hydrogens (tertiary/aromatic N) is 2. The van der Waals surface area contributed by atoms with Crippen LogP contribution in [0.2, 0.25) is 0 Å². The van der Waals surface area contributed by atoms with E-state index in [2.05, 4.69) is 20.9 Å². The largest absolute Gasteiger partial charge is 0.492 e. The minimum atomic E-state index is -0.307. The number of pyridine rings is 1. The van der Waals surface area contributed by atoms with Crippen molar-refractivity contribution in [3.8, 4) is 5.75 Å². The summed E-state index contributed by atoms with van der Waals surface area (Å²) in [6.45, 7) is 0.760. The van der Waals surface area contributed by atoms with Crippen molar-refractivity contribution < 1.29 is 13.9 Å². The zero-order chi connectivity index (χ0) is 15.2. The van der Waals surface area contributed by atoms with Gasteiger partial charge in [0.2, 0.25) is 0 Å². The van der Waals surface area contributed by atoms with Crippen molar-refractivity contribution in [1.82, 2.24) is 9.88 Å². The van der Waals surface area contributed by atoms with Crippen LogP contribution in [-0.4, -0.2) is 36.0 Å². The fraction of sp³-hybridized carbons (Fsp3) is 0.200. The van der Waals surface area contributed by atoms with Crippen LogP contribution >= 0.6 is 15.9 Å². The Morgan fingerprint density at radius 3 is 2.71 bits per heavy atom. The number of amides is 1. The Morgan fingerprint density at radius 2 is 2.05 bits per heavy atom. The van der Waals surface area contributed by atoms with Crippen molar-refractivity contribution in [2.45, 2.75) is 0 Å². The van der Waals surface area contributed by atoms with E-state index in [1.807, 2.05) is 0 Å². The summed E-state index contributed by atoms with van der Waals surface area (Å²) in [5, 5.41) is 0. The molecular formula is C15H14BrFN2O2. The predicted molar refractivity (Wildman–Crippen MR) is 80.8 cm³/mol. The number of hydrogen-bond donors (Lipinski definition) is 0. The molecule has 0 saturated carbocycles. The van der Waals surface area contributed by atoms with Crippen molar-refractivity contribution in [2.75, 3.05) is 20.2 Å². The van der Waals surface area contributed by atoms with Crippen LogP contribution in [0.4, 0.5) is 4.39 Å². The molecule has 1 amide bonds. The summed E-state index contributed by atoms with van der Waals surface area (Å²) in [6, 6.07) is 9.09. The summed E-state index contributed by atoms with van der Waals surface area (Å²) < 4.78 is 18.8. The number of rotatable bonds is 5. The van der Waals surface area contributed by atoms with Crippen LogP contribution in [0.5, 0.6) is 5.75 Å². The van der Waals surface area contributed by atoms with E-state index < -0.39 is 0 Å². The number of aromatic nitrogens is 1. The second-order valence-corrected chi connectivity index (χ2v) is 5.21. The number of likely N-dealkylation sites (N-methyl/N-ethyl adjacent to an activating group) is 1. The normalized spacial score (nSPS) is 10.2. The average Bonchev–Trinajstić information content (AvgIpc) is 2.48. The van der Waals surface area contributed by atoms with E-state index in [1.54, 1.807) is 42.4 Å². The molecular weight excluding hydrogens is 339 g/mol. The molecule has 0 N–H and O–H groups in total. The highest BCUT2D eigenvalue weighted by Crippen LogP contribution is 2.12. The maximum Gasteiger partial charge on any atom is 0.253 e. The van der Waals surface area contributed by atoms with Crippen molar-refractivity contribution in [1.29, 1.82) is 0 Å². The van der Waals surface area contributed by atoms with Gasteiger partial charge in [0.15, 0.2) is 0 Å². The van der Waals surface area contributed by atoms with Crippen LogP contribution < -0.4 is 4.74 Å². The molecule has 1 aromatic carbocycles. The number of halogens is 2. The van der Waals surface area contributed by atoms with Gasteiger partial charge in [-0.15, -0.1) is 0 Å². The van der Waals surface area contributed by atoms with Crippen molar-refractivity contribution in [3.63, 3.8) is 0 Å². The minimum absolute atomic E-state index is 0.110. The molecule has 2 aromatic rings. The van der Waals surface area contributed by atoms with E-state index in [9.17, 15) is 9.18 Å². The van der Waals surface area contributed by atoms with Crippen LogP contribution in [0.15, 0.2) is 47.2 Å². The van der Waals surface area contributed by atoms with Gasteiger partial charge in [0.05, 0.1) is 6.54 Å². The fourth-order valence-corrected chi connectivity index (χ4v) is 2.05. The number of ether oxygens (including phenoxy) is 1. The number of benzene rings is 1. The van der Waals surface area contributed by atoms with Crippen LogP contribution in [0.1, 0.15) is 10.4 Å². The molecule has 4 nitrogen and oxygen atoms in total. The number of carbonyl (C=O) groups is 1. The zero-order valence-electron chi connectivity index (χ0n) is 11.4. The lowest BCUT2D eigenvalue weighted by molar-refractivity contribution is 0.0773. The predicted octanol–water partition coefficient (Wildman–Crippen LogP) is 3.13. The van der Waals surface area contributed by atoms with Gasteiger partial charge in [-0.1, -0.05) is 0 Å². The second-order valence-electron chi connectivity index (χ2n) is 4.40. The lowest BCUT2D eigenvalue weighted by atomic mass is 10.2. The Hall–Kier alpha value is -1.95. The number of carbonyl (C=O) groups excluding carboxylic acids is 1. The first kappa shape index (κ1) is 15.4. The summed E-state index contributed by atoms with van der Waals surface area (Å²) in [5.41, 5.74) is 0.557. The molecule has 0 bridgehead atoms. The van der Waals surface area contributed by atoms with Crippen LogP contribution in [-0.2, 0) is 0 Å². The molecule has 0 fully saturated rings. The Morgan fingerprint density at radius 1 is 1.33 bits per heavy atom. The van der Waals surface area contributed by atoms with Crippen LogP contribution in [0.3, 0.4) is 0 Å². The molecule has 0 radical (unpaired) electrons. The highest BCUT2D eigenvalue weighted by molar-refractivity contribution is 9.10. The lowest BCUT2D eigenvalue weighted by Gasteiger charge is -2.17. The smallest absolute Gasteiger partial charge is 0.253 e. The van der Waals surface area contributed by atoms with Gasteiger partial charge < -0.3 is 9.64 Å². The SMILES string of the molecule is CN(CCOc1ccc(F)cc1)C(=O)c1ccnc(Br)c1. The molecule has 0 spiro atoms. The molecule has 0 aliphatic heterocycles. The summed E-state index contributed by atoms with van der Waals surface area (Å²) in [4.78, 5) is 17.7. The van der Waals surface area contributed by atoms with Crippen molar-refractivity contribution >= 4 is 21.8 Å². The molecule has 0 atom stereocenters. The molecule has 110 valence electrons. The molecule has 0 saturated heterocycles. The van der Waals surface area contributed by atoms with Gasteiger partial charge >= 0.3 is 0 Å². The van der Waals surface area contributed by atoms with Gasteiger partial charge in [0, 0.05) is 18.8 Å². The van der Waals surface area contributed by atoms with E-state index in [1.165, 1.54) is 12.1 Å². The molecule has 21 heavy (non-hydrogen) atoms. The quantitative estimate of drug-likeness (QED) is 0.776. The molecule has 1 heterocycles. The van der Waals surface area contributed by atoms with Gasteiger partial charge in [-0.3, -0.25) is 4.79 Å². The Kier molecular flexibility index (Phi) is 5.27. The molecule has 0 aliphatic rings. The van der Waals surface area contributed by atoms with Crippen LogP contribution in [0, 0.1) is 5.82 Å². The van der Waals surface area contributed by atoms with Gasteiger partial charge in [0.1, 0.15) is 22.8 Å². The Labute approximate surface area is 130 Å². The van der Waals surface area contributed by atoms with Gasteiger partial charge in [-0.25, -0.2) is 9.37 Å². The highest BCUT2D eigenvalue weighted by atomic mass is 79.9. The second kappa shape index (κ2) is 7.17. The van der Waals surface area contributed by atoms with E-state index in [0.717, 1.165) is 0 Å². The maximum absolute atomic E-state index is 12.7. The summed E-state index contributed by atoms with van der Waals surface area (Å²) in [6.07, 6.45) is 1.57. The molecule has 2 rings (SSSR count). The average molecular weight is 353 g/mol. The number of hydrogen-bond acceptors (Lipinski definition) is 3. The third-order valence-electron chi connectivity index (χ3n) is 2.83. The first-order valence-corrected chi connectivity index (χ1v) is 7.11. The van der Waals surface area contributed by atoms with Gasteiger partial charge in [-0.05, 0) is 52.3 Å². The maximum atomic E-state index is 12.7. The van der Waals surface area contributed by atoms with E-state index in [-0.39, 0.29) is 11.7 Å². The van der Waals surface area contributed by atoms with E-state index in [0.29, 0.717) is 29.1 Å². The third kappa shape index (κ3) is 4.53. The first-order valence-electron chi connectivity index (χ1n) is 6.31. The standard InChI is InChI=1S/C15H14BrFN2O2/c1-19(15(20)11-6-7-18-14(16)10-11)8-9-21-13-4-2-12(17)3-5-13/h2-7,10H,8-9H2,1H3. The minimum Gasteiger partial charge on any atom is -0.492 e. The van der Waals surface area contributed by atoms with Crippen LogP contribution in [0.25, 0.3) is 0 Å². The first-order chi connectivity index (χ1) is 10.1. The summed E-state index contributed by atoms with van der Waals surface area (Å²) in [5.74, 6) is 0.155. The molecule has 6 heteroatoms. The highest BCUT2D eigenvalue weighted by Gasteiger charge is 2.12. The Bertz CT molecular complexity index is 619. The zero-order valence-corrected chi connectivity index (χ0v) is 13.0. The monoisotopic (exact) mass is 352 g/mol. The fourth-order valence-electron chi connectivity index (χ4n) is 1.69. The van der Waals surface area contributed by atoms with Crippen molar-refractivity contribution in [2.24, 2.45) is 0 Å². The summed E-state index contributed by atoms with van der Waals surface area (Å²) >= 11 is 3.23. The van der Waals surface area contributed by atoms with Crippen molar-refractivity contribution in [3.05, 3.63) is 58.6 Å². The van der Waals surface area contributed by atoms with Gasteiger partial charge in [-0.2, -0.15) is 0 Å². The summed E-state index contributed by atoms with van der Waals surface area (Å²) in [7, 11) is 1.70. The molecule has 0 unspecified atom stereocenters. The lowest BCUT2D eigenvalue weighted by Crippen LogP contribution is -2.30. The third-order valence-corrected chi connectivity index (χ3v) is 3.26. The topological polar surface area (TPSA) is 42.4 Å². The molecule has 0 aliphatic carbocycles. The van der Waals surface area contributed by atoms with E-state index in [4.69, 9.17) is 4.74 Å².